The minimum absolute atomic E-state index is 0.184. The maximum absolute atomic E-state index is 12.7. The van der Waals surface area contributed by atoms with Crippen molar-refractivity contribution >= 4 is 5.69 Å². The molecule has 1 aromatic rings. The largest absolute Gasteiger partial charge is 0.385 e. The van der Waals surface area contributed by atoms with Gasteiger partial charge in [0.2, 0.25) is 0 Å². The van der Waals surface area contributed by atoms with Crippen molar-refractivity contribution in [1.29, 1.82) is 0 Å². The Morgan fingerprint density at radius 2 is 1.88 bits per heavy atom. The highest BCUT2D eigenvalue weighted by Gasteiger charge is 2.07. The molecule has 1 heterocycles. The minimum atomic E-state index is -0.184. The van der Waals surface area contributed by atoms with Gasteiger partial charge in [-0.25, -0.2) is 4.39 Å². The van der Waals surface area contributed by atoms with E-state index in [2.05, 4.69) is 15.5 Å². The molecule has 0 aromatic heterocycles. The molecule has 0 atom stereocenters. The first kappa shape index (κ1) is 12.3. The van der Waals surface area contributed by atoms with E-state index in [-0.39, 0.29) is 5.82 Å². The quantitative estimate of drug-likeness (QED) is 0.761. The number of benzene rings is 1. The molecule has 94 valence electrons. The number of halogens is 1. The van der Waals surface area contributed by atoms with Crippen molar-refractivity contribution < 1.29 is 4.39 Å². The van der Waals surface area contributed by atoms with Crippen LogP contribution in [0.4, 0.5) is 10.1 Å². The Morgan fingerprint density at radius 1 is 1.18 bits per heavy atom. The van der Waals surface area contributed by atoms with E-state index >= 15 is 0 Å². The lowest BCUT2D eigenvalue weighted by molar-refractivity contribution is 0.240. The lowest BCUT2D eigenvalue weighted by Crippen LogP contribution is -2.44. The van der Waals surface area contributed by atoms with Crippen LogP contribution in [0.15, 0.2) is 24.3 Å². The molecule has 0 spiro atoms. The number of anilines is 1. The Bertz CT molecular complexity index is 320. The number of rotatable bonds is 5. The summed E-state index contributed by atoms with van der Waals surface area (Å²) in [5.41, 5.74) is 0.992. The lowest BCUT2D eigenvalue weighted by atomic mass is 10.3. The Morgan fingerprint density at radius 3 is 2.59 bits per heavy atom. The third-order valence-electron chi connectivity index (χ3n) is 3.03. The molecule has 1 saturated heterocycles. The fourth-order valence-corrected chi connectivity index (χ4v) is 2.04. The zero-order valence-corrected chi connectivity index (χ0v) is 10.1. The van der Waals surface area contributed by atoms with Crippen molar-refractivity contribution in [3.05, 3.63) is 30.1 Å². The summed E-state index contributed by atoms with van der Waals surface area (Å²) in [7, 11) is 0. The van der Waals surface area contributed by atoms with E-state index < -0.39 is 0 Å². The summed E-state index contributed by atoms with van der Waals surface area (Å²) in [6.45, 7) is 6.58. The molecule has 1 aliphatic heterocycles. The number of nitrogens with zero attached hydrogens (tertiary/aromatic N) is 1. The third kappa shape index (κ3) is 4.32. The van der Waals surface area contributed by atoms with Gasteiger partial charge < -0.3 is 15.5 Å². The van der Waals surface area contributed by atoms with E-state index in [9.17, 15) is 4.39 Å². The minimum Gasteiger partial charge on any atom is -0.385 e. The average molecular weight is 237 g/mol. The van der Waals surface area contributed by atoms with E-state index in [4.69, 9.17) is 0 Å². The highest BCUT2D eigenvalue weighted by molar-refractivity contribution is 5.42. The highest BCUT2D eigenvalue weighted by atomic mass is 19.1. The first-order valence-electron chi connectivity index (χ1n) is 6.27. The summed E-state index contributed by atoms with van der Waals surface area (Å²) in [6.07, 6.45) is 1.12. The molecule has 2 N–H and O–H groups in total. The molecule has 0 unspecified atom stereocenters. The van der Waals surface area contributed by atoms with E-state index in [0.717, 1.165) is 51.4 Å². The van der Waals surface area contributed by atoms with Crippen molar-refractivity contribution in [3.8, 4) is 0 Å². The van der Waals surface area contributed by atoms with Crippen LogP contribution in [0.3, 0.4) is 0 Å². The Kier molecular flexibility index (Phi) is 4.76. The fourth-order valence-electron chi connectivity index (χ4n) is 2.04. The standard InChI is InChI=1S/C13H20FN3/c14-12-2-4-13(5-3-12)16-6-1-9-17-10-7-15-8-11-17/h2-5,15-16H,1,6-11H2. The molecule has 4 heteroatoms. The van der Waals surface area contributed by atoms with E-state index in [0.29, 0.717) is 0 Å². The van der Waals surface area contributed by atoms with Crippen molar-refractivity contribution in [2.45, 2.75) is 6.42 Å². The zero-order valence-electron chi connectivity index (χ0n) is 10.1. The molecule has 3 nitrogen and oxygen atoms in total. The third-order valence-corrected chi connectivity index (χ3v) is 3.03. The molecule has 0 radical (unpaired) electrons. The maximum Gasteiger partial charge on any atom is 0.123 e. The first-order valence-corrected chi connectivity index (χ1v) is 6.27. The molecule has 1 aromatic carbocycles. The molecule has 1 aliphatic rings. The first-order chi connectivity index (χ1) is 8.34. The molecule has 0 aliphatic carbocycles. The summed E-state index contributed by atoms with van der Waals surface area (Å²) in [5.74, 6) is -0.184. The zero-order chi connectivity index (χ0) is 11.9. The van der Waals surface area contributed by atoms with Gasteiger partial charge in [0.05, 0.1) is 0 Å². The van der Waals surface area contributed by atoms with Crippen molar-refractivity contribution in [1.82, 2.24) is 10.2 Å². The monoisotopic (exact) mass is 237 g/mol. The van der Waals surface area contributed by atoms with Gasteiger partial charge >= 0.3 is 0 Å². The second kappa shape index (κ2) is 6.57. The average Bonchev–Trinajstić information content (AvgIpc) is 2.38. The highest BCUT2D eigenvalue weighted by Crippen LogP contribution is 2.08. The van der Waals surface area contributed by atoms with Crippen LogP contribution in [-0.2, 0) is 0 Å². The number of hydrogen-bond acceptors (Lipinski definition) is 3. The van der Waals surface area contributed by atoms with Crippen LogP contribution >= 0.6 is 0 Å². The van der Waals surface area contributed by atoms with Gasteiger partial charge in [0, 0.05) is 38.4 Å². The topological polar surface area (TPSA) is 27.3 Å². The van der Waals surface area contributed by atoms with Gasteiger partial charge in [-0.05, 0) is 37.2 Å². The summed E-state index contributed by atoms with van der Waals surface area (Å²) in [6, 6.07) is 6.53. The lowest BCUT2D eigenvalue weighted by Gasteiger charge is -2.27. The summed E-state index contributed by atoms with van der Waals surface area (Å²) in [4.78, 5) is 2.48. The van der Waals surface area contributed by atoms with Crippen molar-refractivity contribution in [2.75, 3.05) is 44.6 Å². The molecule has 2 rings (SSSR count). The van der Waals surface area contributed by atoms with Crippen LogP contribution in [0.5, 0.6) is 0 Å². The molecule has 0 amide bonds. The normalized spacial score (nSPS) is 17.0. The van der Waals surface area contributed by atoms with Crippen molar-refractivity contribution in [3.63, 3.8) is 0 Å². The van der Waals surface area contributed by atoms with Crippen molar-refractivity contribution in [2.24, 2.45) is 0 Å². The number of nitrogens with one attached hydrogen (secondary N) is 2. The van der Waals surface area contributed by atoms with Gasteiger partial charge in [0.25, 0.3) is 0 Å². The number of piperazine rings is 1. The molecule has 0 bridgehead atoms. The van der Waals surface area contributed by atoms with Crippen LogP contribution in [0.25, 0.3) is 0 Å². The van der Waals surface area contributed by atoms with Crippen LogP contribution in [-0.4, -0.2) is 44.2 Å². The van der Waals surface area contributed by atoms with Crippen LogP contribution < -0.4 is 10.6 Å². The summed E-state index contributed by atoms with van der Waals surface area (Å²) < 4.78 is 12.7. The Labute approximate surface area is 102 Å². The summed E-state index contributed by atoms with van der Waals surface area (Å²) in [5, 5.41) is 6.65. The van der Waals surface area contributed by atoms with Gasteiger partial charge in [-0.1, -0.05) is 0 Å². The second-order valence-electron chi connectivity index (χ2n) is 4.38. The molecule has 0 saturated carbocycles. The Hall–Kier alpha value is -1.13. The smallest absolute Gasteiger partial charge is 0.123 e. The Balaban J connectivity index is 1.60. The van der Waals surface area contributed by atoms with Gasteiger partial charge in [0.1, 0.15) is 5.82 Å². The maximum atomic E-state index is 12.7. The van der Waals surface area contributed by atoms with Crippen LogP contribution in [0.1, 0.15) is 6.42 Å². The molecular formula is C13H20FN3. The number of hydrogen-bond donors (Lipinski definition) is 2. The van der Waals surface area contributed by atoms with Gasteiger partial charge in [-0.3, -0.25) is 0 Å². The van der Waals surface area contributed by atoms with Gasteiger partial charge in [0.15, 0.2) is 0 Å². The molecular weight excluding hydrogens is 217 g/mol. The fraction of sp³-hybridized carbons (Fsp3) is 0.538. The second-order valence-corrected chi connectivity index (χ2v) is 4.38. The van der Waals surface area contributed by atoms with Crippen LogP contribution in [0, 0.1) is 5.82 Å². The van der Waals surface area contributed by atoms with E-state index in [1.807, 2.05) is 0 Å². The van der Waals surface area contributed by atoms with E-state index in [1.165, 1.54) is 12.1 Å². The van der Waals surface area contributed by atoms with Gasteiger partial charge in [-0.15, -0.1) is 0 Å². The van der Waals surface area contributed by atoms with E-state index in [1.54, 1.807) is 12.1 Å². The van der Waals surface area contributed by atoms with Crippen LogP contribution in [0.2, 0.25) is 0 Å². The predicted molar refractivity (Wildman–Crippen MR) is 68.8 cm³/mol. The molecule has 17 heavy (non-hydrogen) atoms. The predicted octanol–water partition coefficient (Wildman–Crippen LogP) is 1.53. The SMILES string of the molecule is Fc1ccc(NCCCN2CCNCC2)cc1. The molecule has 1 fully saturated rings. The van der Waals surface area contributed by atoms with Gasteiger partial charge in [-0.2, -0.15) is 0 Å². The summed E-state index contributed by atoms with van der Waals surface area (Å²) >= 11 is 0.